The molecule has 0 fully saturated rings. The zero-order valence-electron chi connectivity index (χ0n) is 8.72. The van der Waals surface area contributed by atoms with Crippen LogP contribution in [0.5, 0.6) is 0 Å². The summed E-state index contributed by atoms with van der Waals surface area (Å²) in [7, 11) is 0. The van der Waals surface area contributed by atoms with Gasteiger partial charge in [0.25, 0.3) is 0 Å². The van der Waals surface area contributed by atoms with E-state index in [-0.39, 0.29) is 0 Å². The highest BCUT2D eigenvalue weighted by molar-refractivity contribution is 5.05. The third-order valence-electron chi connectivity index (χ3n) is 0.672. The van der Waals surface area contributed by atoms with E-state index >= 15 is 0 Å². The molecule has 0 heteroatoms. The number of hydrogen-bond acceptors (Lipinski definition) is 0. The van der Waals surface area contributed by atoms with Gasteiger partial charge in [0.15, 0.2) is 0 Å². The molecule has 0 spiro atoms. The zero-order chi connectivity index (χ0) is 10.2. The molecule has 0 heterocycles. The van der Waals surface area contributed by atoms with E-state index in [4.69, 9.17) is 0 Å². The van der Waals surface area contributed by atoms with Crippen molar-refractivity contribution in [2.24, 2.45) is 0 Å². The zero-order valence-corrected chi connectivity index (χ0v) is 8.72. The Bertz CT molecular complexity index is 97.2. The summed E-state index contributed by atoms with van der Waals surface area (Å²) in [4.78, 5) is 0. The van der Waals surface area contributed by atoms with Gasteiger partial charge in [0.2, 0.25) is 0 Å². The first-order chi connectivity index (χ1) is 5.83. The van der Waals surface area contributed by atoms with Gasteiger partial charge in [-0.2, -0.15) is 0 Å². The first kappa shape index (κ1) is 17.2. The lowest BCUT2D eigenvalue weighted by Crippen LogP contribution is -1.38. The van der Waals surface area contributed by atoms with Crippen LogP contribution in [0.25, 0.3) is 0 Å². The third kappa shape index (κ3) is 64.8. The molecule has 0 bridgehead atoms. The van der Waals surface area contributed by atoms with Crippen molar-refractivity contribution in [1.29, 1.82) is 0 Å². The summed E-state index contributed by atoms with van der Waals surface area (Å²) in [5.74, 6) is 0. The van der Waals surface area contributed by atoms with Crippen molar-refractivity contribution in [2.45, 2.75) is 27.2 Å². The van der Waals surface area contributed by atoms with Gasteiger partial charge in [0.05, 0.1) is 0 Å². The molecule has 0 aromatic rings. The molecule has 0 amide bonds. The summed E-state index contributed by atoms with van der Waals surface area (Å²) >= 11 is 0. The topological polar surface area (TPSA) is 0 Å². The van der Waals surface area contributed by atoms with Gasteiger partial charge in [-0.05, 0) is 6.42 Å². The van der Waals surface area contributed by atoms with E-state index in [9.17, 15) is 0 Å². The summed E-state index contributed by atoms with van der Waals surface area (Å²) < 4.78 is 0. The molecular formula is C12H22. The number of hydrogen-bond donors (Lipinski definition) is 0. The maximum atomic E-state index is 3.48. The van der Waals surface area contributed by atoms with Gasteiger partial charge >= 0.3 is 0 Å². The summed E-state index contributed by atoms with van der Waals surface area (Å²) in [5.41, 5.74) is 0. The first-order valence-electron chi connectivity index (χ1n) is 4.34. The fraction of sp³-hybridized carbons (Fsp3) is 0.333. The van der Waals surface area contributed by atoms with E-state index in [0.29, 0.717) is 0 Å². The maximum Gasteiger partial charge on any atom is -0.0382 e. The average Bonchev–Trinajstić information content (AvgIpc) is 2.18. The van der Waals surface area contributed by atoms with Gasteiger partial charge in [-0.1, -0.05) is 64.3 Å². The van der Waals surface area contributed by atoms with E-state index in [1.165, 1.54) is 0 Å². The van der Waals surface area contributed by atoms with Crippen LogP contribution in [0.4, 0.5) is 0 Å². The highest BCUT2D eigenvalue weighted by Crippen LogP contribution is 1.69. The molecule has 70 valence electrons. The number of rotatable bonds is 3. The largest absolute Gasteiger partial charge is 0.103 e. The minimum Gasteiger partial charge on any atom is -0.103 e. The van der Waals surface area contributed by atoms with Crippen LogP contribution in [0, 0.1) is 0 Å². The van der Waals surface area contributed by atoms with Crippen molar-refractivity contribution < 1.29 is 0 Å². The lowest BCUT2D eigenvalue weighted by molar-refractivity contribution is 1.23. The summed E-state index contributed by atoms with van der Waals surface area (Å²) in [5, 5.41) is 0. The molecule has 0 aromatic carbocycles. The lowest BCUT2D eigenvalue weighted by Gasteiger charge is -1.60. The van der Waals surface area contributed by atoms with Crippen molar-refractivity contribution in [3.05, 3.63) is 50.1 Å². The first-order valence-corrected chi connectivity index (χ1v) is 4.34. The Labute approximate surface area is 78.0 Å². The van der Waals surface area contributed by atoms with Crippen LogP contribution < -0.4 is 0 Å². The maximum absolute atomic E-state index is 3.48. The molecule has 0 aromatic heterocycles. The molecule has 0 rings (SSSR count). The molecule has 0 aliphatic carbocycles. The van der Waals surface area contributed by atoms with Crippen LogP contribution in [0.3, 0.4) is 0 Å². The average molecular weight is 166 g/mol. The van der Waals surface area contributed by atoms with Crippen LogP contribution in [-0.2, 0) is 0 Å². The second-order valence-electron chi connectivity index (χ2n) is 1.55. The second-order valence-corrected chi connectivity index (χ2v) is 1.55. The summed E-state index contributed by atoms with van der Waals surface area (Å²) in [6, 6.07) is 0. The third-order valence-corrected chi connectivity index (χ3v) is 0.672. The van der Waals surface area contributed by atoms with Crippen molar-refractivity contribution in [1.82, 2.24) is 0 Å². The fourth-order valence-electron chi connectivity index (χ4n) is 0.157. The molecule has 0 saturated heterocycles. The number of allylic oxidation sites excluding steroid dienone is 5. The molecule has 0 atom stereocenters. The van der Waals surface area contributed by atoms with E-state index in [1.54, 1.807) is 12.2 Å². The molecule has 0 aliphatic rings. The van der Waals surface area contributed by atoms with Crippen molar-refractivity contribution in [3.63, 3.8) is 0 Å². The highest BCUT2D eigenvalue weighted by atomic mass is 13.5. The minimum atomic E-state index is 1.08. The Hall–Kier alpha value is -1.04. The molecule has 0 unspecified atom stereocenters. The minimum absolute atomic E-state index is 1.08. The Balaban J connectivity index is -0.000000118. The van der Waals surface area contributed by atoms with Gasteiger partial charge in [0, 0.05) is 0 Å². The molecular weight excluding hydrogens is 144 g/mol. The normalized spacial score (nSPS) is 6.92. The van der Waals surface area contributed by atoms with Gasteiger partial charge in [0.1, 0.15) is 0 Å². The Morgan fingerprint density at radius 3 is 1.25 bits per heavy atom. The van der Waals surface area contributed by atoms with Crippen LogP contribution >= 0.6 is 0 Å². The molecule has 0 saturated carbocycles. The van der Waals surface area contributed by atoms with E-state index < -0.39 is 0 Å². The van der Waals surface area contributed by atoms with E-state index in [2.05, 4.69) is 26.7 Å². The van der Waals surface area contributed by atoms with Crippen LogP contribution in [0.15, 0.2) is 50.1 Å². The standard InChI is InChI=1S/C6H8.C4H8.C2H6/c1-3-5-6-4-2;1-3-4-2;1-2/h3-6H,1-2H2;3H,1,4H2,2H3;1-2H3/b6-5-;;. The summed E-state index contributed by atoms with van der Waals surface area (Å²) in [6.07, 6.45) is 10.0. The highest BCUT2D eigenvalue weighted by Gasteiger charge is 1.47. The Morgan fingerprint density at radius 2 is 1.17 bits per heavy atom. The van der Waals surface area contributed by atoms with Crippen molar-refractivity contribution in [2.75, 3.05) is 0 Å². The Kier molecular flexibility index (Phi) is 46.5. The summed E-state index contributed by atoms with van der Waals surface area (Å²) in [6.45, 7) is 16.5. The smallest absolute Gasteiger partial charge is 0.0382 e. The fourth-order valence-corrected chi connectivity index (χ4v) is 0.157. The van der Waals surface area contributed by atoms with Gasteiger partial charge in [-0.15, -0.1) is 6.58 Å². The van der Waals surface area contributed by atoms with Crippen LogP contribution in [-0.4, -0.2) is 0 Å². The van der Waals surface area contributed by atoms with Crippen LogP contribution in [0.1, 0.15) is 27.2 Å². The van der Waals surface area contributed by atoms with Crippen molar-refractivity contribution in [3.8, 4) is 0 Å². The molecule has 0 nitrogen and oxygen atoms in total. The van der Waals surface area contributed by atoms with Gasteiger partial charge < -0.3 is 0 Å². The van der Waals surface area contributed by atoms with E-state index in [1.807, 2.05) is 32.1 Å². The van der Waals surface area contributed by atoms with E-state index in [0.717, 1.165) is 6.42 Å². The molecule has 0 radical (unpaired) electrons. The van der Waals surface area contributed by atoms with Gasteiger partial charge in [-0.25, -0.2) is 0 Å². The molecule has 0 aliphatic heterocycles. The van der Waals surface area contributed by atoms with Crippen molar-refractivity contribution >= 4 is 0 Å². The SMILES string of the molecule is C=C/C=C\C=C.C=CCC.CC. The van der Waals surface area contributed by atoms with Gasteiger partial charge in [-0.3, -0.25) is 0 Å². The second kappa shape index (κ2) is 32.5. The monoisotopic (exact) mass is 166 g/mol. The molecule has 12 heavy (non-hydrogen) atoms. The van der Waals surface area contributed by atoms with Crippen LogP contribution in [0.2, 0.25) is 0 Å². The lowest BCUT2D eigenvalue weighted by atomic mass is 10.5. The predicted molar refractivity (Wildman–Crippen MR) is 61.4 cm³/mol. The Morgan fingerprint density at radius 1 is 0.917 bits per heavy atom. The molecule has 0 N–H and O–H groups in total. The predicted octanol–water partition coefficient (Wildman–Crippen LogP) is 4.52. The quantitative estimate of drug-likeness (QED) is 0.427.